The van der Waals surface area contributed by atoms with Crippen LogP contribution < -0.4 is 10.6 Å². The van der Waals surface area contributed by atoms with E-state index in [1.165, 1.54) is 24.3 Å². The van der Waals surface area contributed by atoms with Crippen LogP contribution in [0.5, 0.6) is 0 Å². The molecule has 1 aromatic rings. The number of thioether (sulfide) groups is 2. The number of furan rings is 1. The largest absolute Gasteiger partial charge is 0.469 e. The van der Waals surface area contributed by atoms with Gasteiger partial charge in [0.1, 0.15) is 5.76 Å². The van der Waals surface area contributed by atoms with Crippen LogP contribution in [-0.2, 0) is 6.42 Å². The molecule has 118 valence electrons. The van der Waals surface area contributed by atoms with Gasteiger partial charge in [0.05, 0.1) is 12.8 Å². The first-order chi connectivity index (χ1) is 10.4. The molecule has 6 heteroatoms. The van der Waals surface area contributed by atoms with E-state index < -0.39 is 0 Å². The third kappa shape index (κ3) is 6.70. The third-order valence-electron chi connectivity index (χ3n) is 3.31. The average Bonchev–Trinajstić information content (AvgIpc) is 3.02. The van der Waals surface area contributed by atoms with E-state index in [1.54, 1.807) is 6.26 Å². The highest BCUT2D eigenvalue weighted by molar-refractivity contribution is 7.99. The lowest BCUT2D eigenvalue weighted by atomic mass is 10.2. The van der Waals surface area contributed by atoms with Crippen LogP contribution in [0.2, 0.25) is 0 Å². The van der Waals surface area contributed by atoms with Gasteiger partial charge in [0.15, 0.2) is 5.96 Å². The molecule has 1 fully saturated rings. The fourth-order valence-corrected chi connectivity index (χ4v) is 3.55. The van der Waals surface area contributed by atoms with Gasteiger partial charge in [0, 0.05) is 30.5 Å². The highest BCUT2D eigenvalue weighted by Gasteiger charge is 2.14. The van der Waals surface area contributed by atoms with Crippen LogP contribution in [0.4, 0.5) is 0 Å². The highest BCUT2D eigenvalue weighted by Crippen LogP contribution is 2.16. The maximum absolute atomic E-state index is 5.36. The molecule has 1 saturated heterocycles. The Bertz CT molecular complexity index is 403. The molecule has 21 heavy (non-hydrogen) atoms. The Morgan fingerprint density at radius 3 is 3.24 bits per heavy atom. The number of hydrogen-bond acceptors (Lipinski definition) is 4. The Morgan fingerprint density at radius 2 is 2.52 bits per heavy atom. The Labute approximate surface area is 135 Å². The van der Waals surface area contributed by atoms with Crippen molar-refractivity contribution in [1.29, 1.82) is 0 Å². The molecule has 0 saturated carbocycles. The minimum absolute atomic E-state index is 0.549. The summed E-state index contributed by atoms with van der Waals surface area (Å²) in [6.45, 7) is 1.70. The van der Waals surface area contributed by atoms with Gasteiger partial charge in [0.2, 0.25) is 0 Å². The Hall–Kier alpha value is -0.750. The molecule has 0 aromatic carbocycles. The van der Waals surface area contributed by atoms with Gasteiger partial charge in [-0.2, -0.15) is 23.5 Å². The maximum Gasteiger partial charge on any atom is 0.191 e. The molecule has 0 spiro atoms. The van der Waals surface area contributed by atoms with Crippen LogP contribution >= 0.6 is 23.5 Å². The first kappa shape index (κ1) is 16.6. The van der Waals surface area contributed by atoms with Crippen molar-refractivity contribution in [2.45, 2.75) is 25.3 Å². The summed E-state index contributed by atoms with van der Waals surface area (Å²) < 4.78 is 5.36. The van der Waals surface area contributed by atoms with Gasteiger partial charge >= 0.3 is 0 Å². The second-order valence-corrected chi connectivity index (χ2v) is 7.17. The summed E-state index contributed by atoms with van der Waals surface area (Å²) in [6.07, 6.45) is 7.27. The van der Waals surface area contributed by atoms with Gasteiger partial charge in [-0.05, 0) is 37.0 Å². The summed E-state index contributed by atoms with van der Waals surface area (Å²) in [5, 5.41) is 7.00. The summed E-state index contributed by atoms with van der Waals surface area (Å²) in [5.41, 5.74) is 0. The van der Waals surface area contributed by atoms with Crippen molar-refractivity contribution in [3.8, 4) is 0 Å². The van der Waals surface area contributed by atoms with Crippen molar-refractivity contribution in [3.05, 3.63) is 24.2 Å². The Morgan fingerprint density at radius 1 is 1.57 bits per heavy atom. The molecule has 0 amide bonds. The van der Waals surface area contributed by atoms with E-state index in [9.17, 15) is 0 Å². The zero-order valence-electron chi connectivity index (χ0n) is 12.6. The van der Waals surface area contributed by atoms with Gasteiger partial charge in [-0.1, -0.05) is 0 Å². The van der Waals surface area contributed by atoms with Crippen molar-refractivity contribution >= 4 is 29.5 Å². The zero-order chi connectivity index (χ0) is 14.8. The van der Waals surface area contributed by atoms with Crippen molar-refractivity contribution < 1.29 is 4.42 Å². The number of guanidine groups is 1. The Kier molecular flexibility index (Phi) is 7.96. The molecule has 1 atom stereocenters. The Balaban J connectivity index is 1.77. The van der Waals surface area contributed by atoms with E-state index in [0.29, 0.717) is 6.04 Å². The molecule has 2 rings (SSSR count). The summed E-state index contributed by atoms with van der Waals surface area (Å²) in [4.78, 5) is 4.66. The maximum atomic E-state index is 5.36. The second kappa shape index (κ2) is 10.1. The fraction of sp³-hybridized carbons (Fsp3) is 0.667. The topological polar surface area (TPSA) is 49.6 Å². The normalized spacial score (nSPS) is 19.5. The van der Waals surface area contributed by atoms with Crippen LogP contribution in [0.25, 0.3) is 0 Å². The lowest BCUT2D eigenvalue weighted by molar-refractivity contribution is 0.505. The zero-order valence-corrected chi connectivity index (χ0v) is 14.3. The highest BCUT2D eigenvalue weighted by atomic mass is 32.2. The standard InChI is InChI=1S/C15H25N3OS2/c1-20-11-8-17-15(18-13-4-3-10-21-12-13)16-7-6-14-5-2-9-19-14/h2,5,9,13H,3-4,6-8,10-12H2,1H3,(H2,16,17,18). The molecular formula is C15H25N3OS2. The summed E-state index contributed by atoms with van der Waals surface area (Å²) in [6, 6.07) is 4.49. The number of rotatable bonds is 7. The van der Waals surface area contributed by atoms with Crippen molar-refractivity contribution in [3.63, 3.8) is 0 Å². The molecule has 1 aromatic heterocycles. The summed E-state index contributed by atoms with van der Waals surface area (Å²) >= 11 is 3.86. The molecule has 2 N–H and O–H groups in total. The summed E-state index contributed by atoms with van der Waals surface area (Å²) in [5.74, 6) is 5.50. The quantitative estimate of drug-likeness (QED) is 0.458. The van der Waals surface area contributed by atoms with Crippen LogP contribution in [0, 0.1) is 0 Å². The molecule has 0 bridgehead atoms. The number of nitrogens with zero attached hydrogens (tertiary/aromatic N) is 1. The van der Waals surface area contributed by atoms with Crippen molar-refractivity contribution in [2.24, 2.45) is 4.99 Å². The first-order valence-electron chi connectivity index (χ1n) is 7.52. The monoisotopic (exact) mass is 327 g/mol. The minimum atomic E-state index is 0.549. The van der Waals surface area contributed by atoms with E-state index in [-0.39, 0.29) is 0 Å². The second-order valence-electron chi connectivity index (χ2n) is 5.04. The molecular weight excluding hydrogens is 302 g/mol. The lowest BCUT2D eigenvalue weighted by Gasteiger charge is -2.24. The smallest absolute Gasteiger partial charge is 0.191 e. The van der Waals surface area contributed by atoms with Crippen LogP contribution in [0.1, 0.15) is 18.6 Å². The van der Waals surface area contributed by atoms with E-state index in [0.717, 1.165) is 37.0 Å². The van der Waals surface area contributed by atoms with E-state index in [1.807, 2.05) is 35.7 Å². The SMILES string of the molecule is CSCCN=C(NCCc1ccco1)NC1CCCSC1. The number of hydrogen-bond donors (Lipinski definition) is 2. The first-order valence-corrected chi connectivity index (χ1v) is 10.1. The number of aliphatic imine (C=N–C) groups is 1. The molecule has 0 aliphatic carbocycles. The molecule has 0 radical (unpaired) electrons. The van der Waals surface area contributed by atoms with E-state index >= 15 is 0 Å². The van der Waals surface area contributed by atoms with E-state index in [2.05, 4.69) is 21.9 Å². The van der Waals surface area contributed by atoms with Crippen LogP contribution in [0.15, 0.2) is 27.8 Å². The molecule has 1 aliphatic heterocycles. The molecule has 4 nitrogen and oxygen atoms in total. The summed E-state index contributed by atoms with van der Waals surface area (Å²) in [7, 11) is 0. The molecule has 2 heterocycles. The van der Waals surface area contributed by atoms with Gasteiger partial charge in [-0.15, -0.1) is 0 Å². The van der Waals surface area contributed by atoms with Gasteiger partial charge in [0.25, 0.3) is 0 Å². The third-order valence-corrected chi connectivity index (χ3v) is 5.12. The fourth-order valence-electron chi connectivity index (χ4n) is 2.21. The van der Waals surface area contributed by atoms with E-state index in [4.69, 9.17) is 4.42 Å². The average molecular weight is 328 g/mol. The molecule has 1 aliphatic rings. The predicted octanol–water partition coefficient (Wildman–Crippen LogP) is 2.62. The van der Waals surface area contributed by atoms with Gasteiger partial charge in [-0.25, -0.2) is 0 Å². The van der Waals surface area contributed by atoms with Crippen molar-refractivity contribution in [2.75, 3.05) is 36.6 Å². The molecule has 1 unspecified atom stereocenters. The van der Waals surface area contributed by atoms with Gasteiger partial charge < -0.3 is 15.1 Å². The minimum Gasteiger partial charge on any atom is -0.469 e. The van der Waals surface area contributed by atoms with Crippen LogP contribution in [-0.4, -0.2) is 48.6 Å². The van der Waals surface area contributed by atoms with Gasteiger partial charge in [-0.3, -0.25) is 4.99 Å². The number of nitrogens with one attached hydrogen (secondary N) is 2. The van der Waals surface area contributed by atoms with Crippen molar-refractivity contribution in [1.82, 2.24) is 10.6 Å². The predicted molar refractivity (Wildman–Crippen MR) is 94.6 cm³/mol. The van der Waals surface area contributed by atoms with Crippen LogP contribution in [0.3, 0.4) is 0 Å². The lowest BCUT2D eigenvalue weighted by Crippen LogP contribution is -2.46.